The van der Waals surface area contributed by atoms with Crippen molar-refractivity contribution in [1.29, 1.82) is 0 Å². The Morgan fingerprint density at radius 1 is 1.04 bits per heavy atom. The van der Waals surface area contributed by atoms with E-state index in [1.54, 1.807) is 6.92 Å². The molecule has 0 unspecified atom stereocenters. The summed E-state index contributed by atoms with van der Waals surface area (Å²) in [6.07, 6.45) is 7.05. The second kappa shape index (κ2) is 14.5. The molecule has 1 rings (SSSR count). The highest BCUT2D eigenvalue weighted by atomic mass is 79.9. The highest BCUT2D eigenvalue weighted by Crippen LogP contribution is 2.26. The Morgan fingerprint density at radius 3 is 2.52 bits per heavy atom. The Morgan fingerprint density at radius 2 is 1.81 bits per heavy atom. The minimum Gasteiger partial charge on any atom is -0.493 e. The lowest BCUT2D eigenvalue weighted by Gasteiger charge is -2.16. The molecule has 0 aromatic heterocycles. The van der Waals surface area contributed by atoms with Crippen molar-refractivity contribution in [2.45, 2.75) is 64.7 Å². The zero-order chi connectivity index (χ0) is 19.9. The minimum absolute atomic E-state index is 0.0887. The average molecular weight is 443 g/mol. The summed E-state index contributed by atoms with van der Waals surface area (Å²) in [5.41, 5.74) is 2.25. The lowest BCUT2D eigenvalue weighted by atomic mass is 9.97. The molecule has 0 fully saturated rings. The van der Waals surface area contributed by atoms with E-state index in [-0.39, 0.29) is 12.4 Å². The van der Waals surface area contributed by atoms with E-state index < -0.39 is 5.97 Å². The molecule has 0 spiro atoms. The Labute approximate surface area is 170 Å². The predicted molar refractivity (Wildman–Crippen MR) is 110 cm³/mol. The molecule has 0 radical (unpaired) electrons. The van der Waals surface area contributed by atoms with E-state index in [1.165, 1.54) is 24.8 Å². The van der Waals surface area contributed by atoms with Crippen molar-refractivity contribution in [2.75, 3.05) is 18.5 Å². The molecular weight excluding hydrogens is 412 g/mol. The molecule has 0 aliphatic carbocycles. The zero-order valence-corrected chi connectivity index (χ0v) is 17.8. The molecule has 0 aliphatic rings. The molecule has 152 valence electrons. The summed E-state index contributed by atoms with van der Waals surface area (Å²) in [7, 11) is 0. The zero-order valence-electron chi connectivity index (χ0n) is 16.2. The largest absolute Gasteiger partial charge is 0.493 e. The third-order valence-electron chi connectivity index (χ3n) is 4.24. The number of carboxylic acids is 1. The van der Waals surface area contributed by atoms with Gasteiger partial charge < -0.3 is 14.6 Å². The summed E-state index contributed by atoms with van der Waals surface area (Å²) in [6.45, 7) is 2.54. The molecule has 5 nitrogen and oxygen atoms in total. The number of alkyl halides is 1. The van der Waals surface area contributed by atoms with Crippen molar-refractivity contribution >= 4 is 27.9 Å². The third-order valence-corrected chi connectivity index (χ3v) is 4.80. The van der Waals surface area contributed by atoms with Gasteiger partial charge in [-0.15, -0.1) is 0 Å². The number of esters is 1. The molecule has 0 saturated carbocycles. The molecule has 0 saturated heterocycles. The van der Waals surface area contributed by atoms with E-state index in [0.29, 0.717) is 32.5 Å². The van der Waals surface area contributed by atoms with Crippen LogP contribution in [0.2, 0.25) is 0 Å². The van der Waals surface area contributed by atoms with Crippen LogP contribution in [-0.2, 0) is 27.2 Å². The van der Waals surface area contributed by atoms with Crippen LogP contribution in [0.25, 0.3) is 0 Å². The molecule has 1 N–H and O–H groups in total. The fourth-order valence-corrected chi connectivity index (χ4v) is 3.29. The number of carbonyl (C=O) groups excluding carboxylic acids is 1. The van der Waals surface area contributed by atoms with Gasteiger partial charge in [0.15, 0.2) is 0 Å². The van der Waals surface area contributed by atoms with E-state index >= 15 is 0 Å². The quantitative estimate of drug-likeness (QED) is 0.237. The van der Waals surface area contributed by atoms with Crippen LogP contribution in [0.3, 0.4) is 0 Å². The number of carboxylic acid groups (broad SMARTS) is 1. The summed E-state index contributed by atoms with van der Waals surface area (Å²) in [5, 5.41) is 9.79. The SMILES string of the molecule is CCOC(=O)CCc1c(CCCCCCBr)cccc1OCCCC(=O)O. The number of hydrogen-bond donors (Lipinski definition) is 1. The molecule has 0 heterocycles. The van der Waals surface area contributed by atoms with Gasteiger partial charge in [0.1, 0.15) is 5.75 Å². The minimum atomic E-state index is -0.821. The monoisotopic (exact) mass is 442 g/mol. The van der Waals surface area contributed by atoms with E-state index in [4.69, 9.17) is 14.6 Å². The van der Waals surface area contributed by atoms with E-state index in [2.05, 4.69) is 22.0 Å². The van der Waals surface area contributed by atoms with Gasteiger partial charge in [0.25, 0.3) is 0 Å². The molecule has 27 heavy (non-hydrogen) atoms. The molecular formula is C21H31BrO5. The van der Waals surface area contributed by atoms with Gasteiger partial charge >= 0.3 is 11.9 Å². The third kappa shape index (κ3) is 10.4. The van der Waals surface area contributed by atoms with Gasteiger partial charge in [0, 0.05) is 18.2 Å². The maximum absolute atomic E-state index is 11.8. The van der Waals surface area contributed by atoms with E-state index in [1.807, 2.05) is 12.1 Å². The van der Waals surface area contributed by atoms with Crippen LogP contribution in [0.15, 0.2) is 18.2 Å². The number of rotatable bonds is 15. The normalized spacial score (nSPS) is 10.6. The first-order valence-corrected chi connectivity index (χ1v) is 10.9. The standard InChI is InChI=1S/C21H31BrO5/c1-2-26-21(25)14-13-18-17(9-5-3-4-6-15-22)10-7-11-19(18)27-16-8-12-20(23)24/h7,10-11H,2-6,8-9,12-16H2,1H3,(H,23,24). The van der Waals surface area contributed by atoms with Gasteiger partial charge in [-0.2, -0.15) is 0 Å². The van der Waals surface area contributed by atoms with Crippen molar-refractivity contribution < 1.29 is 24.2 Å². The van der Waals surface area contributed by atoms with Crippen molar-refractivity contribution in [3.8, 4) is 5.75 Å². The second-order valence-corrected chi connectivity index (χ2v) is 7.19. The van der Waals surface area contributed by atoms with E-state index in [9.17, 15) is 9.59 Å². The fraction of sp³-hybridized carbons (Fsp3) is 0.619. The van der Waals surface area contributed by atoms with Gasteiger partial charge in [-0.3, -0.25) is 9.59 Å². The molecule has 6 heteroatoms. The van der Waals surface area contributed by atoms with Gasteiger partial charge in [-0.1, -0.05) is 40.9 Å². The van der Waals surface area contributed by atoms with Crippen LogP contribution in [0.5, 0.6) is 5.75 Å². The molecule has 0 amide bonds. The Kier molecular flexibility index (Phi) is 12.6. The molecule has 0 bridgehead atoms. The summed E-state index contributed by atoms with van der Waals surface area (Å²) in [4.78, 5) is 22.4. The topological polar surface area (TPSA) is 72.8 Å². The smallest absolute Gasteiger partial charge is 0.306 e. The average Bonchev–Trinajstić information content (AvgIpc) is 2.64. The lowest BCUT2D eigenvalue weighted by molar-refractivity contribution is -0.143. The number of aryl methyl sites for hydroxylation is 1. The summed E-state index contributed by atoms with van der Waals surface area (Å²) in [5.74, 6) is -0.275. The van der Waals surface area contributed by atoms with Crippen LogP contribution in [0.1, 0.15) is 63.0 Å². The lowest BCUT2D eigenvalue weighted by Crippen LogP contribution is -2.09. The first-order valence-electron chi connectivity index (χ1n) is 9.75. The van der Waals surface area contributed by atoms with Gasteiger partial charge in [0.2, 0.25) is 0 Å². The first kappa shape index (κ1) is 23.5. The maximum atomic E-state index is 11.8. The highest BCUT2D eigenvalue weighted by Gasteiger charge is 2.13. The number of ether oxygens (including phenoxy) is 2. The van der Waals surface area contributed by atoms with Crippen LogP contribution in [-0.4, -0.2) is 35.6 Å². The number of carbonyl (C=O) groups is 2. The maximum Gasteiger partial charge on any atom is 0.306 e. The Balaban J connectivity index is 2.74. The fourth-order valence-electron chi connectivity index (χ4n) is 2.89. The van der Waals surface area contributed by atoms with Crippen LogP contribution < -0.4 is 4.74 Å². The molecule has 0 atom stereocenters. The number of hydrogen-bond acceptors (Lipinski definition) is 4. The summed E-state index contributed by atoms with van der Waals surface area (Å²) in [6, 6.07) is 5.96. The number of benzene rings is 1. The summed E-state index contributed by atoms with van der Waals surface area (Å²) < 4.78 is 10.9. The Bertz CT molecular complexity index is 574. The van der Waals surface area contributed by atoms with Crippen molar-refractivity contribution in [1.82, 2.24) is 0 Å². The molecule has 0 aliphatic heterocycles. The van der Waals surface area contributed by atoms with Crippen LogP contribution in [0.4, 0.5) is 0 Å². The first-order chi connectivity index (χ1) is 13.1. The van der Waals surface area contributed by atoms with Crippen molar-refractivity contribution in [3.05, 3.63) is 29.3 Å². The van der Waals surface area contributed by atoms with E-state index in [0.717, 1.165) is 29.5 Å². The van der Waals surface area contributed by atoms with Crippen molar-refractivity contribution in [3.63, 3.8) is 0 Å². The summed E-state index contributed by atoms with van der Waals surface area (Å²) >= 11 is 3.46. The predicted octanol–water partition coefficient (Wildman–Crippen LogP) is 4.92. The molecule has 1 aromatic rings. The second-order valence-electron chi connectivity index (χ2n) is 6.40. The van der Waals surface area contributed by atoms with Gasteiger partial charge in [0.05, 0.1) is 13.2 Å². The Hall–Kier alpha value is -1.56. The highest BCUT2D eigenvalue weighted by molar-refractivity contribution is 9.09. The van der Waals surface area contributed by atoms with Gasteiger partial charge in [-0.25, -0.2) is 0 Å². The van der Waals surface area contributed by atoms with Crippen molar-refractivity contribution in [2.24, 2.45) is 0 Å². The van der Waals surface area contributed by atoms with Gasteiger partial charge in [-0.05, 0) is 56.2 Å². The van der Waals surface area contributed by atoms with Crippen LogP contribution in [0, 0.1) is 0 Å². The van der Waals surface area contributed by atoms with Crippen LogP contribution >= 0.6 is 15.9 Å². The molecule has 1 aromatic carbocycles. The number of unbranched alkanes of at least 4 members (excludes halogenated alkanes) is 3. The number of aliphatic carboxylic acids is 1. The number of halogens is 1.